The third-order valence-corrected chi connectivity index (χ3v) is 7.37. The predicted molar refractivity (Wildman–Crippen MR) is 155 cm³/mol. The van der Waals surface area contributed by atoms with E-state index < -0.39 is 5.97 Å². The number of carbonyl (C=O) groups is 2. The first kappa shape index (κ1) is 28.1. The van der Waals surface area contributed by atoms with Crippen molar-refractivity contribution in [2.24, 2.45) is 11.8 Å². The van der Waals surface area contributed by atoms with Crippen LogP contribution in [0, 0.1) is 18.8 Å². The van der Waals surface area contributed by atoms with Crippen molar-refractivity contribution in [2.75, 3.05) is 25.0 Å². The molecule has 0 fully saturated rings. The molecular weight excluding hydrogens is 490 g/mol. The lowest BCUT2D eigenvalue weighted by atomic mass is 9.73. The van der Waals surface area contributed by atoms with Gasteiger partial charge in [-0.15, -0.1) is 0 Å². The molecule has 1 aliphatic carbocycles. The minimum Gasteiger partial charge on any atom is -0.478 e. The van der Waals surface area contributed by atoms with Crippen LogP contribution in [0.1, 0.15) is 84.4 Å². The fourth-order valence-electron chi connectivity index (χ4n) is 5.37. The zero-order chi connectivity index (χ0) is 28.3. The lowest BCUT2D eigenvalue weighted by molar-refractivity contribution is -0.451. The summed E-state index contributed by atoms with van der Waals surface area (Å²) in [5, 5.41) is 16.6. The Hall–Kier alpha value is -3.87. The Balaban J connectivity index is 1.85. The number of hydrogen-bond donors (Lipinski definition) is 4. The second-order valence-corrected chi connectivity index (χ2v) is 10.7. The van der Waals surface area contributed by atoms with E-state index in [1.807, 2.05) is 26.0 Å². The number of rotatable bonds is 9. The summed E-state index contributed by atoms with van der Waals surface area (Å²) in [5.41, 5.74) is 6.20. The molecule has 0 bridgehead atoms. The number of fused-ring (bicyclic) bond motifs is 2. The van der Waals surface area contributed by atoms with Gasteiger partial charge in [0.25, 0.3) is 5.91 Å². The SMILES string of the molecule is CCNc1cc2c(cc1C)C(c1ccc(C(=O)NCCC(C)C)cc1C(=O)O)C1C=C(C)C(=[NH+]CC)C=C1O2. The molecule has 2 unspecified atom stereocenters. The summed E-state index contributed by atoms with van der Waals surface area (Å²) >= 11 is 0. The number of anilines is 1. The molecule has 2 aromatic carbocycles. The van der Waals surface area contributed by atoms with E-state index in [-0.39, 0.29) is 23.3 Å². The second-order valence-electron chi connectivity index (χ2n) is 10.7. The Morgan fingerprint density at radius 1 is 1.10 bits per heavy atom. The maximum Gasteiger partial charge on any atom is 0.336 e. The Morgan fingerprint density at radius 2 is 1.87 bits per heavy atom. The predicted octanol–water partition coefficient (Wildman–Crippen LogP) is 4.43. The molecular formula is C32H40N3O4+. The molecule has 0 spiro atoms. The van der Waals surface area contributed by atoms with Crippen LogP contribution in [-0.2, 0) is 0 Å². The third kappa shape index (κ3) is 5.92. The fraction of sp³-hybridized carbons (Fsp3) is 0.406. The van der Waals surface area contributed by atoms with Crippen LogP contribution in [-0.4, -0.2) is 42.3 Å². The van der Waals surface area contributed by atoms with Crippen molar-refractivity contribution >= 4 is 23.3 Å². The van der Waals surface area contributed by atoms with Gasteiger partial charge in [-0.3, -0.25) is 4.79 Å². The Bertz CT molecular complexity index is 1370. The number of benzene rings is 2. The van der Waals surface area contributed by atoms with Gasteiger partial charge in [0.1, 0.15) is 18.1 Å². The Morgan fingerprint density at radius 3 is 2.54 bits per heavy atom. The summed E-state index contributed by atoms with van der Waals surface area (Å²) in [6, 6.07) is 9.15. The first-order valence-electron chi connectivity index (χ1n) is 13.9. The van der Waals surface area contributed by atoms with Gasteiger partial charge in [-0.2, -0.15) is 0 Å². The van der Waals surface area contributed by atoms with Crippen LogP contribution < -0.4 is 20.4 Å². The van der Waals surface area contributed by atoms with Gasteiger partial charge >= 0.3 is 5.97 Å². The van der Waals surface area contributed by atoms with Crippen LogP contribution in [0.3, 0.4) is 0 Å². The van der Waals surface area contributed by atoms with Crippen molar-refractivity contribution in [1.29, 1.82) is 0 Å². The van der Waals surface area contributed by atoms with Crippen molar-refractivity contribution in [3.63, 3.8) is 0 Å². The number of amides is 1. The lowest BCUT2D eigenvalue weighted by Crippen LogP contribution is -2.72. The molecule has 7 heteroatoms. The summed E-state index contributed by atoms with van der Waals surface area (Å²) in [6.07, 6.45) is 5.05. The van der Waals surface area contributed by atoms with Gasteiger partial charge in [-0.05, 0) is 69.4 Å². The van der Waals surface area contributed by atoms with Crippen molar-refractivity contribution in [1.82, 2.24) is 5.32 Å². The number of nitrogens with one attached hydrogen (secondary N) is 3. The minimum atomic E-state index is -1.06. The van der Waals surface area contributed by atoms with Gasteiger partial charge < -0.3 is 20.5 Å². The molecule has 2 aliphatic rings. The molecule has 2 atom stereocenters. The number of carbonyl (C=O) groups excluding carboxylic acids is 1. The van der Waals surface area contributed by atoms with Gasteiger partial charge in [-0.25, -0.2) is 9.79 Å². The van der Waals surface area contributed by atoms with E-state index in [1.165, 1.54) is 6.07 Å². The molecule has 0 saturated heterocycles. The third-order valence-electron chi connectivity index (χ3n) is 7.37. The van der Waals surface area contributed by atoms with Gasteiger partial charge in [0.05, 0.1) is 5.56 Å². The van der Waals surface area contributed by atoms with Gasteiger partial charge in [-0.1, -0.05) is 26.0 Å². The molecule has 2 aromatic rings. The van der Waals surface area contributed by atoms with E-state index in [9.17, 15) is 14.7 Å². The monoisotopic (exact) mass is 530 g/mol. The quantitative estimate of drug-likeness (QED) is 0.384. The highest BCUT2D eigenvalue weighted by molar-refractivity contribution is 6.05. The molecule has 7 nitrogen and oxygen atoms in total. The van der Waals surface area contributed by atoms with Gasteiger partial charge in [0.2, 0.25) is 5.71 Å². The van der Waals surface area contributed by atoms with E-state index in [0.29, 0.717) is 29.3 Å². The van der Waals surface area contributed by atoms with Crippen LogP contribution in [0.2, 0.25) is 0 Å². The second kappa shape index (κ2) is 11.9. The average Bonchev–Trinajstić information content (AvgIpc) is 2.88. The lowest BCUT2D eigenvalue weighted by Gasteiger charge is -2.37. The van der Waals surface area contributed by atoms with Crippen molar-refractivity contribution in [3.8, 4) is 5.75 Å². The Labute approximate surface area is 231 Å². The molecule has 4 rings (SSSR count). The summed E-state index contributed by atoms with van der Waals surface area (Å²) in [4.78, 5) is 28.8. The van der Waals surface area contributed by atoms with Crippen LogP contribution in [0.5, 0.6) is 5.75 Å². The highest BCUT2D eigenvalue weighted by atomic mass is 16.5. The summed E-state index contributed by atoms with van der Waals surface area (Å²) < 4.78 is 6.48. The van der Waals surface area contributed by atoms with Crippen molar-refractivity contribution in [2.45, 2.75) is 53.9 Å². The maximum atomic E-state index is 12.8. The topological polar surface area (TPSA) is 102 Å². The standard InChI is InChI=1S/C32H39N3O4/c1-7-33-26-16-28-24(13-19(26)5)30(25-14-20(6)27(34-8-2)17-29(25)39-28)22-10-9-21(15-23(22)32(37)38)31(36)35-12-11-18(3)4/h9-10,13-18,24,30,34H,7-8,11-12H2,1-6H3,(H,35,36)(H,37,38)/p+1. The number of aryl methyl sites for hydroxylation is 1. The molecule has 1 aliphatic heterocycles. The van der Waals surface area contributed by atoms with Crippen molar-refractivity contribution < 1.29 is 24.4 Å². The number of carboxylic acid groups (broad SMARTS) is 1. The summed E-state index contributed by atoms with van der Waals surface area (Å²) in [6.45, 7) is 14.5. The molecule has 39 heavy (non-hydrogen) atoms. The normalized spacial score (nSPS) is 19.0. The highest BCUT2D eigenvalue weighted by Crippen LogP contribution is 2.50. The molecule has 1 amide bonds. The maximum absolute atomic E-state index is 12.8. The van der Waals surface area contributed by atoms with Crippen molar-refractivity contribution in [3.05, 3.63) is 81.6 Å². The smallest absolute Gasteiger partial charge is 0.336 e. The van der Waals surface area contributed by atoms with Crippen LogP contribution in [0.25, 0.3) is 0 Å². The number of aromatic carboxylic acids is 1. The number of ether oxygens (including phenoxy) is 1. The van der Waals surface area contributed by atoms with E-state index in [2.05, 4.69) is 55.5 Å². The van der Waals surface area contributed by atoms with Gasteiger partial charge in [0.15, 0.2) is 0 Å². The van der Waals surface area contributed by atoms with E-state index in [1.54, 1.807) is 12.1 Å². The molecule has 4 N–H and O–H groups in total. The van der Waals surface area contributed by atoms with Gasteiger partial charge in [0, 0.05) is 59.5 Å². The molecule has 0 aromatic heterocycles. The van der Waals surface area contributed by atoms with Crippen LogP contribution in [0.4, 0.5) is 5.69 Å². The molecule has 0 radical (unpaired) electrons. The fourth-order valence-corrected chi connectivity index (χ4v) is 5.37. The first-order chi connectivity index (χ1) is 18.6. The molecule has 0 saturated carbocycles. The van der Waals surface area contributed by atoms with Crippen LogP contribution >= 0.6 is 0 Å². The molecule has 206 valence electrons. The Kier molecular flexibility index (Phi) is 8.58. The highest BCUT2D eigenvalue weighted by Gasteiger charge is 2.40. The number of hydrogen-bond acceptors (Lipinski definition) is 4. The average molecular weight is 531 g/mol. The largest absolute Gasteiger partial charge is 0.478 e. The van der Waals surface area contributed by atoms with E-state index in [0.717, 1.165) is 53.4 Å². The molecule has 1 heterocycles. The van der Waals surface area contributed by atoms with E-state index in [4.69, 9.17) is 4.74 Å². The van der Waals surface area contributed by atoms with E-state index >= 15 is 0 Å². The number of allylic oxidation sites excluding steroid dienone is 3. The summed E-state index contributed by atoms with van der Waals surface area (Å²) in [5.74, 6) is 0.142. The zero-order valence-electron chi connectivity index (χ0n) is 23.8. The first-order valence-corrected chi connectivity index (χ1v) is 13.9. The minimum absolute atomic E-state index is 0.129. The number of carboxylic acids is 1. The zero-order valence-corrected chi connectivity index (χ0v) is 23.8. The van der Waals surface area contributed by atoms with Crippen LogP contribution in [0.15, 0.2) is 53.8 Å². The summed E-state index contributed by atoms with van der Waals surface area (Å²) in [7, 11) is 0.